The quantitative estimate of drug-likeness (QED) is 0.789. The molecule has 0 fully saturated rings. The van der Waals surface area contributed by atoms with E-state index < -0.39 is 0 Å². The fourth-order valence-corrected chi connectivity index (χ4v) is 2.93. The number of anilines is 1. The minimum absolute atomic E-state index is 0.108. The van der Waals surface area contributed by atoms with Gasteiger partial charge in [-0.1, -0.05) is 12.1 Å². The van der Waals surface area contributed by atoms with Crippen LogP contribution in [0.15, 0.2) is 60.9 Å². The molecule has 2 aromatic carbocycles. The standard InChI is InChI=1S/C18H15FN4O/c1-22-16-5-3-2-4-15(16)18(24)21-17(22)12-10-20-23(11-12)14-8-6-13(19)7-9-14/h2-11,17H,1H3,(H,21,24)/t17-/m0/s1. The van der Waals surface area contributed by atoms with Gasteiger partial charge in [-0.25, -0.2) is 9.07 Å². The van der Waals surface area contributed by atoms with Crippen molar-refractivity contribution in [3.05, 3.63) is 77.9 Å². The zero-order valence-electron chi connectivity index (χ0n) is 13.0. The van der Waals surface area contributed by atoms with E-state index in [4.69, 9.17) is 0 Å². The van der Waals surface area contributed by atoms with Crippen LogP contribution in [0.4, 0.5) is 10.1 Å². The molecule has 1 aliphatic rings. The van der Waals surface area contributed by atoms with E-state index in [0.717, 1.165) is 16.9 Å². The van der Waals surface area contributed by atoms with Gasteiger partial charge in [-0.3, -0.25) is 4.79 Å². The van der Waals surface area contributed by atoms with Crippen molar-refractivity contribution in [3.63, 3.8) is 0 Å². The molecule has 0 bridgehead atoms. The van der Waals surface area contributed by atoms with Crippen LogP contribution in [0.25, 0.3) is 5.69 Å². The first-order valence-electron chi connectivity index (χ1n) is 7.57. The Labute approximate surface area is 138 Å². The molecule has 3 aromatic rings. The highest BCUT2D eigenvalue weighted by Gasteiger charge is 2.29. The summed E-state index contributed by atoms with van der Waals surface area (Å²) in [5, 5.41) is 7.31. The number of para-hydroxylation sites is 1. The second kappa shape index (κ2) is 5.49. The highest BCUT2D eigenvalue weighted by atomic mass is 19.1. The SMILES string of the molecule is CN1c2ccccc2C(=O)N[C@@H]1c1cnn(-c2ccc(F)cc2)c1. The number of amides is 1. The third-order valence-electron chi connectivity index (χ3n) is 4.19. The minimum atomic E-state index is -0.304. The molecule has 120 valence electrons. The molecule has 1 N–H and O–H groups in total. The van der Waals surface area contributed by atoms with E-state index in [1.807, 2.05) is 36.3 Å². The molecule has 1 aliphatic heterocycles. The van der Waals surface area contributed by atoms with Crippen LogP contribution in [0.3, 0.4) is 0 Å². The van der Waals surface area contributed by atoms with E-state index >= 15 is 0 Å². The number of halogens is 1. The second-order valence-electron chi connectivity index (χ2n) is 5.70. The summed E-state index contributed by atoms with van der Waals surface area (Å²) in [5.74, 6) is -0.398. The van der Waals surface area contributed by atoms with Crippen LogP contribution in [0.2, 0.25) is 0 Å². The number of rotatable bonds is 2. The molecule has 0 radical (unpaired) electrons. The third kappa shape index (κ3) is 2.32. The lowest BCUT2D eigenvalue weighted by atomic mass is 10.1. The average molecular weight is 322 g/mol. The smallest absolute Gasteiger partial charge is 0.255 e. The number of benzene rings is 2. The van der Waals surface area contributed by atoms with Crippen molar-refractivity contribution in [2.75, 3.05) is 11.9 Å². The Morgan fingerprint density at radius 3 is 2.67 bits per heavy atom. The lowest BCUT2D eigenvalue weighted by Gasteiger charge is -2.35. The zero-order valence-corrected chi connectivity index (χ0v) is 13.0. The summed E-state index contributed by atoms with van der Waals surface area (Å²) in [6, 6.07) is 13.6. The Balaban J connectivity index is 1.68. The number of hydrogen-bond acceptors (Lipinski definition) is 3. The van der Waals surface area contributed by atoms with Gasteiger partial charge in [0.25, 0.3) is 5.91 Å². The summed E-state index contributed by atoms with van der Waals surface area (Å²) in [5.41, 5.74) is 3.14. The third-order valence-corrected chi connectivity index (χ3v) is 4.19. The van der Waals surface area contributed by atoms with Crippen LogP contribution >= 0.6 is 0 Å². The lowest BCUT2D eigenvalue weighted by Crippen LogP contribution is -2.44. The maximum Gasteiger partial charge on any atom is 0.255 e. The van der Waals surface area contributed by atoms with E-state index in [0.29, 0.717) is 5.56 Å². The zero-order chi connectivity index (χ0) is 16.7. The highest BCUT2D eigenvalue weighted by Crippen LogP contribution is 2.31. The average Bonchev–Trinajstić information content (AvgIpc) is 3.08. The van der Waals surface area contributed by atoms with Gasteiger partial charge in [0.05, 0.1) is 23.1 Å². The number of carbonyl (C=O) groups excluding carboxylic acids is 1. The Hall–Kier alpha value is -3.15. The monoisotopic (exact) mass is 322 g/mol. The van der Waals surface area contributed by atoms with Crippen LogP contribution < -0.4 is 10.2 Å². The summed E-state index contributed by atoms with van der Waals surface area (Å²) in [6.07, 6.45) is 3.24. The molecule has 1 aromatic heterocycles. The molecule has 0 saturated heterocycles. The van der Waals surface area contributed by atoms with Gasteiger partial charge < -0.3 is 10.2 Å². The van der Waals surface area contributed by atoms with Crippen molar-refractivity contribution < 1.29 is 9.18 Å². The first kappa shape index (κ1) is 14.4. The van der Waals surface area contributed by atoms with E-state index in [-0.39, 0.29) is 17.9 Å². The number of nitrogens with zero attached hydrogens (tertiary/aromatic N) is 3. The fraction of sp³-hybridized carbons (Fsp3) is 0.111. The van der Waals surface area contributed by atoms with E-state index in [9.17, 15) is 9.18 Å². The number of hydrogen-bond donors (Lipinski definition) is 1. The van der Waals surface area contributed by atoms with Crippen molar-refractivity contribution in [2.45, 2.75) is 6.17 Å². The van der Waals surface area contributed by atoms with Crippen molar-refractivity contribution in [1.29, 1.82) is 0 Å². The van der Waals surface area contributed by atoms with Crippen LogP contribution in [0, 0.1) is 5.82 Å². The van der Waals surface area contributed by atoms with Gasteiger partial charge in [-0.2, -0.15) is 5.10 Å². The number of carbonyl (C=O) groups is 1. The topological polar surface area (TPSA) is 50.2 Å². The van der Waals surface area contributed by atoms with Crippen LogP contribution in [0.5, 0.6) is 0 Å². The molecular formula is C18H15FN4O. The molecular weight excluding hydrogens is 307 g/mol. The van der Waals surface area contributed by atoms with Gasteiger partial charge in [0.15, 0.2) is 0 Å². The number of fused-ring (bicyclic) bond motifs is 1. The first-order chi connectivity index (χ1) is 11.6. The largest absolute Gasteiger partial charge is 0.350 e. The van der Waals surface area contributed by atoms with E-state index in [1.165, 1.54) is 12.1 Å². The first-order valence-corrected chi connectivity index (χ1v) is 7.57. The molecule has 0 spiro atoms. The van der Waals surface area contributed by atoms with Gasteiger partial charge >= 0.3 is 0 Å². The Morgan fingerprint density at radius 2 is 1.88 bits per heavy atom. The van der Waals surface area contributed by atoms with Crippen molar-refractivity contribution in [3.8, 4) is 5.69 Å². The predicted molar refractivity (Wildman–Crippen MR) is 88.6 cm³/mol. The molecule has 0 saturated carbocycles. The van der Waals surface area contributed by atoms with Crippen LogP contribution in [-0.2, 0) is 0 Å². The lowest BCUT2D eigenvalue weighted by molar-refractivity contribution is 0.0928. The van der Waals surface area contributed by atoms with Gasteiger partial charge in [-0.05, 0) is 36.4 Å². The summed E-state index contributed by atoms with van der Waals surface area (Å²) in [6.45, 7) is 0. The van der Waals surface area contributed by atoms with Crippen molar-refractivity contribution in [1.82, 2.24) is 15.1 Å². The number of nitrogens with one attached hydrogen (secondary N) is 1. The van der Waals surface area contributed by atoms with Crippen molar-refractivity contribution in [2.24, 2.45) is 0 Å². The van der Waals surface area contributed by atoms with Gasteiger partial charge in [0.1, 0.15) is 12.0 Å². The van der Waals surface area contributed by atoms with Gasteiger partial charge in [-0.15, -0.1) is 0 Å². The molecule has 0 aliphatic carbocycles. The minimum Gasteiger partial charge on any atom is -0.350 e. The molecule has 1 atom stereocenters. The van der Waals surface area contributed by atoms with Gasteiger partial charge in [0, 0.05) is 18.8 Å². The molecule has 2 heterocycles. The molecule has 4 rings (SSSR count). The predicted octanol–water partition coefficient (Wildman–Crippen LogP) is 2.89. The molecule has 5 nitrogen and oxygen atoms in total. The van der Waals surface area contributed by atoms with E-state index in [1.54, 1.807) is 29.1 Å². The molecule has 24 heavy (non-hydrogen) atoms. The molecule has 6 heteroatoms. The van der Waals surface area contributed by atoms with E-state index in [2.05, 4.69) is 10.4 Å². The summed E-state index contributed by atoms with van der Waals surface area (Å²) < 4.78 is 14.7. The Kier molecular flexibility index (Phi) is 3.30. The summed E-state index contributed by atoms with van der Waals surface area (Å²) in [4.78, 5) is 14.3. The van der Waals surface area contributed by atoms with Crippen LogP contribution in [0.1, 0.15) is 22.1 Å². The Bertz CT molecular complexity index is 903. The summed E-state index contributed by atoms with van der Waals surface area (Å²) in [7, 11) is 1.93. The molecule has 0 unspecified atom stereocenters. The van der Waals surface area contributed by atoms with Crippen LogP contribution in [-0.4, -0.2) is 22.7 Å². The normalized spacial score (nSPS) is 16.7. The van der Waals surface area contributed by atoms with Crippen molar-refractivity contribution >= 4 is 11.6 Å². The number of aromatic nitrogens is 2. The second-order valence-corrected chi connectivity index (χ2v) is 5.70. The Morgan fingerprint density at radius 1 is 1.12 bits per heavy atom. The summed E-state index contributed by atoms with van der Waals surface area (Å²) >= 11 is 0. The molecule has 1 amide bonds. The maximum absolute atomic E-state index is 13.0. The van der Waals surface area contributed by atoms with Gasteiger partial charge in [0.2, 0.25) is 0 Å². The highest BCUT2D eigenvalue weighted by molar-refractivity contribution is 6.01. The maximum atomic E-state index is 13.0. The fourth-order valence-electron chi connectivity index (χ4n) is 2.93.